The van der Waals surface area contributed by atoms with Gasteiger partial charge < -0.3 is 9.84 Å². The van der Waals surface area contributed by atoms with Gasteiger partial charge in [0.05, 0.1) is 23.3 Å². The van der Waals surface area contributed by atoms with Crippen molar-refractivity contribution < 1.29 is 23.1 Å². The van der Waals surface area contributed by atoms with Gasteiger partial charge in [-0.2, -0.15) is 0 Å². The Kier molecular flexibility index (Phi) is 4.13. The second-order valence-corrected chi connectivity index (χ2v) is 5.82. The van der Waals surface area contributed by atoms with E-state index in [2.05, 4.69) is 4.72 Å². The molecule has 2 rings (SSSR count). The topological polar surface area (TPSA) is 92.7 Å². The third-order valence-electron chi connectivity index (χ3n) is 2.75. The first-order valence-corrected chi connectivity index (χ1v) is 7.41. The van der Waals surface area contributed by atoms with E-state index in [0.29, 0.717) is 0 Å². The maximum absolute atomic E-state index is 12.2. The summed E-state index contributed by atoms with van der Waals surface area (Å²) in [6.45, 7) is 0. The van der Waals surface area contributed by atoms with Crippen LogP contribution in [0.4, 0.5) is 5.69 Å². The lowest BCUT2D eigenvalue weighted by atomic mass is 10.2. The highest BCUT2D eigenvalue weighted by molar-refractivity contribution is 7.92. The Morgan fingerprint density at radius 3 is 2.38 bits per heavy atom. The normalized spacial score (nSPS) is 10.9. The van der Waals surface area contributed by atoms with Gasteiger partial charge in [-0.05, 0) is 30.3 Å². The molecule has 6 nitrogen and oxygen atoms in total. The number of hydrogen-bond donors (Lipinski definition) is 2. The van der Waals surface area contributed by atoms with Crippen molar-refractivity contribution in [2.75, 3.05) is 11.8 Å². The third-order valence-corrected chi connectivity index (χ3v) is 4.13. The van der Waals surface area contributed by atoms with Crippen molar-refractivity contribution in [2.45, 2.75) is 4.90 Å². The number of hydrogen-bond acceptors (Lipinski definition) is 4. The van der Waals surface area contributed by atoms with Gasteiger partial charge in [0.15, 0.2) is 0 Å². The molecule has 0 saturated heterocycles. The lowest BCUT2D eigenvalue weighted by Gasteiger charge is -2.12. The molecule has 7 heteroatoms. The van der Waals surface area contributed by atoms with Crippen LogP contribution in [0.1, 0.15) is 10.4 Å². The van der Waals surface area contributed by atoms with Gasteiger partial charge >= 0.3 is 5.97 Å². The van der Waals surface area contributed by atoms with Crippen LogP contribution in [0.5, 0.6) is 5.75 Å². The van der Waals surface area contributed by atoms with Crippen molar-refractivity contribution in [3.8, 4) is 5.75 Å². The zero-order valence-electron chi connectivity index (χ0n) is 11.1. The molecule has 0 heterocycles. The Hall–Kier alpha value is -2.54. The molecule has 0 amide bonds. The zero-order chi connectivity index (χ0) is 15.5. The van der Waals surface area contributed by atoms with E-state index in [9.17, 15) is 13.2 Å². The van der Waals surface area contributed by atoms with Crippen molar-refractivity contribution >= 4 is 21.7 Å². The summed E-state index contributed by atoms with van der Waals surface area (Å²) in [4.78, 5) is 11.0. The number of aromatic carboxylic acids is 1. The Bertz CT molecular complexity index is 756. The third kappa shape index (κ3) is 3.32. The number of ether oxygens (including phenoxy) is 1. The number of sulfonamides is 1. The highest BCUT2D eigenvalue weighted by atomic mass is 32.2. The van der Waals surface area contributed by atoms with Crippen LogP contribution >= 0.6 is 0 Å². The van der Waals surface area contributed by atoms with Gasteiger partial charge in [-0.15, -0.1) is 0 Å². The predicted molar refractivity (Wildman–Crippen MR) is 77.2 cm³/mol. The van der Waals surface area contributed by atoms with Gasteiger partial charge in [-0.1, -0.05) is 18.2 Å². The maximum atomic E-state index is 12.2. The van der Waals surface area contributed by atoms with E-state index >= 15 is 0 Å². The number of carboxylic acid groups (broad SMARTS) is 1. The highest BCUT2D eigenvalue weighted by Gasteiger charge is 2.17. The molecule has 0 aliphatic heterocycles. The maximum Gasteiger partial charge on any atom is 0.335 e. The standard InChI is InChI=1S/C14H13NO5S/c1-20-13-9-10(14(16)17)7-8-12(13)15-21(18,19)11-5-3-2-4-6-11/h2-9,15H,1H3,(H,16,17). The molecule has 2 aromatic carbocycles. The molecule has 0 radical (unpaired) electrons. The minimum atomic E-state index is -3.76. The van der Waals surface area contributed by atoms with Crippen molar-refractivity contribution in [1.29, 1.82) is 0 Å². The van der Waals surface area contributed by atoms with Crippen LogP contribution in [-0.4, -0.2) is 26.6 Å². The zero-order valence-corrected chi connectivity index (χ0v) is 11.9. The summed E-state index contributed by atoms with van der Waals surface area (Å²) in [6, 6.07) is 11.8. The minimum Gasteiger partial charge on any atom is -0.495 e. The van der Waals surface area contributed by atoms with Crippen LogP contribution < -0.4 is 9.46 Å². The molecule has 110 valence electrons. The number of methoxy groups -OCH3 is 1. The van der Waals surface area contributed by atoms with Crippen molar-refractivity contribution in [3.05, 3.63) is 54.1 Å². The van der Waals surface area contributed by atoms with Crippen LogP contribution in [0.3, 0.4) is 0 Å². The number of anilines is 1. The first kappa shape index (κ1) is 14.9. The average molecular weight is 307 g/mol. The Morgan fingerprint density at radius 2 is 1.81 bits per heavy atom. The molecule has 0 unspecified atom stereocenters. The SMILES string of the molecule is COc1cc(C(=O)O)ccc1NS(=O)(=O)c1ccccc1. The fraction of sp³-hybridized carbons (Fsp3) is 0.0714. The summed E-state index contributed by atoms with van der Waals surface area (Å²) in [5, 5.41) is 8.91. The van der Waals surface area contributed by atoms with Gasteiger partial charge in [0.1, 0.15) is 5.75 Å². The molecular formula is C14H13NO5S. The lowest BCUT2D eigenvalue weighted by molar-refractivity contribution is 0.0696. The molecule has 0 fully saturated rings. The van der Waals surface area contributed by atoms with Crippen LogP contribution in [0.25, 0.3) is 0 Å². The van der Waals surface area contributed by atoms with Gasteiger partial charge in [0.25, 0.3) is 10.0 Å². The minimum absolute atomic E-state index is 0.00880. The fourth-order valence-corrected chi connectivity index (χ4v) is 2.80. The second-order valence-electron chi connectivity index (χ2n) is 4.14. The molecule has 2 N–H and O–H groups in total. The molecular weight excluding hydrogens is 294 g/mol. The van der Waals surface area contributed by atoms with Crippen molar-refractivity contribution in [3.63, 3.8) is 0 Å². The fourth-order valence-electron chi connectivity index (χ4n) is 1.71. The quantitative estimate of drug-likeness (QED) is 0.883. The monoisotopic (exact) mass is 307 g/mol. The first-order valence-electron chi connectivity index (χ1n) is 5.93. The summed E-state index contributed by atoms with van der Waals surface area (Å²) in [5.41, 5.74) is 0.181. The molecule has 0 aliphatic rings. The van der Waals surface area contributed by atoms with Crippen LogP contribution in [0.15, 0.2) is 53.4 Å². The molecule has 0 atom stereocenters. The number of carbonyl (C=O) groups is 1. The van der Waals surface area contributed by atoms with E-state index in [1.54, 1.807) is 18.2 Å². The summed E-state index contributed by atoms with van der Waals surface area (Å²) in [5.74, 6) is -0.986. The first-order chi connectivity index (χ1) is 9.94. The van der Waals surface area contributed by atoms with Gasteiger partial charge in [0.2, 0.25) is 0 Å². The van der Waals surface area contributed by atoms with E-state index in [1.807, 2.05) is 0 Å². The highest BCUT2D eigenvalue weighted by Crippen LogP contribution is 2.28. The lowest BCUT2D eigenvalue weighted by Crippen LogP contribution is -2.13. The van der Waals surface area contributed by atoms with E-state index in [1.165, 1.54) is 37.4 Å². The molecule has 0 aliphatic carbocycles. The van der Waals surface area contributed by atoms with Gasteiger partial charge in [-0.25, -0.2) is 13.2 Å². The van der Waals surface area contributed by atoms with E-state index in [4.69, 9.17) is 9.84 Å². The molecule has 0 bridgehead atoms. The van der Waals surface area contributed by atoms with Gasteiger partial charge in [0, 0.05) is 0 Å². The number of benzene rings is 2. The molecule has 0 saturated carbocycles. The smallest absolute Gasteiger partial charge is 0.335 e. The van der Waals surface area contributed by atoms with Crippen LogP contribution in [0, 0.1) is 0 Å². The number of nitrogens with one attached hydrogen (secondary N) is 1. The van der Waals surface area contributed by atoms with E-state index in [-0.39, 0.29) is 21.9 Å². The summed E-state index contributed by atoms with van der Waals surface area (Å²) in [7, 11) is -2.42. The number of carboxylic acids is 1. The summed E-state index contributed by atoms with van der Waals surface area (Å²) in [6.07, 6.45) is 0. The molecule has 0 spiro atoms. The number of rotatable bonds is 5. The van der Waals surface area contributed by atoms with Crippen molar-refractivity contribution in [2.24, 2.45) is 0 Å². The molecule has 21 heavy (non-hydrogen) atoms. The predicted octanol–water partition coefficient (Wildman–Crippen LogP) is 2.19. The Morgan fingerprint density at radius 1 is 1.14 bits per heavy atom. The second kappa shape index (κ2) is 5.84. The molecule has 0 aromatic heterocycles. The Labute approximate surface area is 122 Å². The Balaban J connectivity index is 2.38. The van der Waals surface area contributed by atoms with E-state index in [0.717, 1.165) is 0 Å². The summed E-state index contributed by atoms with van der Waals surface area (Å²) < 4.78 is 31.8. The van der Waals surface area contributed by atoms with E-state index < -0.39 is 16.0 Å². The average Bonchev–Trinajstić information content (AvgIpc) is 2.48. The summed E-state index contributed by atoms with van der Waals surface area (Å²) >= 11 is 0. The molecule has 2 aromatic rings. The van der Waals surface area contributed by atoms with Crippen LogP contribution in [-0.2, 0) is 10.0 Å². The van der Waals surface area contributed by atoms with Crippen molar-refractivity contribution in [1.82, 2.24) is 0 Å². The van der Waals surface area contributed by atoms with Crippen LogP contribution in [0.2, 0.25) is 0 Å². The van der Waals surface area contributed by atoms with Gasteiger partial charge in [-0.3, -0.25) is 4.72 Å². The largest absolute Gasteiger partial charge is 0.495 e.